The lowest BCUT2D eigenvalue weighted by Gasteiger charge is -2.28. The van der Waals surface area contributed by atoms with Crippen molar-refractivity contribution >= 4 is 21.6 Å². The van der Waals surface area contributed by atoms with E-state index in [-0.39, 0.29) is 5.25 Å². The Morgan fingerprint density at radius 3 is 2.71 bits per heavy atom. The van der Waals surface area contributed by atoms with Crippen LogP contribution in [0.4, 0.5) is 0 Å². The van der Waals surface area contributed by atoms with E-state index in [4.69, 9.17) is 0 Å². The Morgan fingerprint density at radius 1 is 1.29 bits per heavy atom. The maximum Gasteiger partial charge on any atom is 0.150 e. The molecule has 0 amide bonds. The van der Waals surface area contributed by atoms with Crippen molar-refractivity contribution in [3.8, 4) is 0 Å². The molecule has 1 aliphatic carbocycles. The molecule has 0 aromatic carbocycles. The summed E-state index contributed by atoms with van der Waals surface area (Å²) in [5.41, 5.74) is 0. The smallest absolute Gasteiger partial charge is 0.150 e. The average molecular weight is 279 g/mol. The van der Waals surface area contributed by atoms with E-state index in [1.165, 1.54) is 24.9 Å². The second kappa shape index (κ2) is 7.64. The fourth-order valence-corrected chi connectivity index (χ4v) is 4.07. The van der Waals surface area contributed by atoms with Gasteiger partial charge in [-0.05, 0) is 50.7 Å². The molecular formula is C12H25NO2S2. The van der Waals surface area contributed by atoms with Crippen LogP contribution in [-0.2, 0) is 9.84 Å². The number of sulfone groups is 1. The molecule has 17 heavy (non-hydrogen) atoms. The first kappa shape index (κ1) is 15.3. The lowest BCUT2D eigenvalue weighted by molar-refractivity contribution is 0.370. The molecule has 1 saturated carbocycles. The normalized spacial score (nSPS) is 26.0. The average Bonchev–Trinajstić information content (AvgIpc) is 2.28. The third-order valence-corrected chi connectivity index (χ3v) is 5.78. The minimum absolute atomic E-state index is 0.111. The molecule has 0 spiro atoms. The molecule has 1 rings (SSSR count). The van der Waals surface area contributed by atoms with E-state index in [9.17, 15) is 8.42 Å². The highest BCUT2D eigenvalue weighted by molar-refractivity contribution is 7.98. The minimum atomic E-state index is -2.84. The van der Waals surface area contributed by atoms with E-state index in [0.29, 0.717) is 6.04 Å². The molecule has 0 aliphatic heterocycles. The number of unbranched alkanes of at least 4 members (excludes halogenated alkanes) is 1. The van der Waals surface area contributed by atoms with Crippen LogP contribution in [0.3, 0.4) is 0 Å². The first-order valence-electron chi connectivity index (χ1n) is 6.45. The van der Waals surface area contributed by atoms with E-state index >= 15 is 0 Å². The molecule has 2 atom stereocenters. The largest absolute Gasteiger partial charge is 0.314 e. The maximum atomic E-state index is 11.5. The van der Waals surface area contributed by atoms with Gasteiger partial charge >= 0.3 is 0 Å². The zero-order chi connectivity index (χ0) is 12.7. The summed E-state index contributed by atoms with van der Waals surface area (Å²) < 4.78 is 23.0. The van der Waals surface area contributed by atoms with Crippen LogP contribution in [0, 0.1) is 0 Å². The molecule has 0 heterocycles. The molecule has 1 aliphatic rings. The number of nitrogens with one attached hydrogen (secondary N) is 1. The zero-order valence-corrected chi connectivity index (χ0v) is 12.6. The lowest BCUT2D eigenvalue weighted by Crippen LogP contribution is -2.39. The van der Waals surface area contributed by atoms with Crippen molar-refractivity contribution in [1.82, 2.24) is 5.32 Å². The highest BCUT2D eigenvalue weighted by Gasteiger charge is 2.28. The molecule has 1 N–H and O–H groups in total. The highest BCUT2D eigenvalue weighted by Crippen LogP contribution is 2.23. The predicted molar refractivity (Wildman–Crippen MR) is 76.5 cm³/mol. The van der Waals surface area contributed by atoms with Gasteiger partial charge in [0, 0.05) is 12.3 Å². The molecule has 102 valence electrons. The summed E-state index contributed by atoms with van der Waals surface area (Å²) in [5, 5.41) is 3.40. The zero-order valence-electron chi connectivity index (χ0n) is 10.9. The van der Waals surface area contributed by atoms with Crippen molar-refractivity contribution in [2.45, 2.75) is 49.8 Å². The Balaban J connectivity index is 2.21. The van der Waals surface area contributed by atoms with Gasteiger partial charge in [0.1, 0.15) is 9.84 Å². The first-order valence-corrected chi connectivity index (χ1v) is 9.80. The molecule has 0 bridgehead atoms. The van der Waals surface area contributed by atoms with Crippen molar-refractivity contribution in [1.29, 1.82) is 0 Å². The number of thioether (sulfide) groups is 1. The molecule has 0 saturated heterocycles. The van der Waals surface area contributed by atoms with E-state index in [1.54, 1.807) is 0 Å². The standard InChI is InChI=1S/C12H25NO2S2/c1-16-9-4-3-8-13-11-6-5-7-12(10-11)17(2,14)15/h11-13H,3-10H2,1-2H3. The molecule has 5 heteroatoms. The van der Waals surface area contributed by atoms with Crippen molar-refractivity contribution in [3.05, 3.63) is 0 Å². The van der Waals surface area contributed by atoms with Crippen LogP contribution in [0.25, 0.3) is 0 Å². The van der Waals surface area contributed by atoms with Crippen LogP contribution in [0.15, 0.2) is 0 Å². The fourth-order valence-electron chi connectivity index (χ4n) is 2.40. The molecule has 0 radical (unpaired) electrons. The summed E-state index contributed by atoms with van der Waals surface area (Å²) in [6.07, 6.45) is 9.78. The van der Waals surface area contributed by atoms with Gasteiger partial charge in [-0.2, -0.15) is 11.8 Å². The van der Waals surface area contributed by atoms with Crippen LogP contribution >= 0.6 is 11.8 Å². The summed E-state index contributed by atoms with van der Waals surface area (Å²) in [6, 6.07) is 0.415. The lowest BCUT2D eigenvalue weighted by atomic mass is 9.95. The minimum Gasteiger partial charge on any atom is -0.314 e. The van der Waals surface area contributed by atoms with E-state index in [1.807, 2.05) is 11.8 Å². The van der Waals surface area contributed by atoms with Crippen molar-refractivity contribution in [2.75, 3.05) is 24.8 Å². The Labute approximate surface area is 110 Å². The number of hydrogen-bond acceptors (Lipinski definition) is 4. The topological polar surface area (TPSA) is 46.2 Å². The van der Waals surface area contributed by atoms with E-state index < -0.39 is 9.84 Å². The van der Waals surface area contributed by atoms with Gasteiger partial charge in [0.2, 0.25) is 0 Å². The Hall–Kier alpha value is 0.260. The van der Waals surface area contributed by atoms with Crippen molar-refractivity contribution in [3.63, 3.8) is 0 Å². The molecule has 0 aromatic rings. The maximum absolute atomic E-state index is 11.5. The van der Waals surface area contributed by atoms with Gasteiger partial charge in [-0.15, -0.1) is 0 Å². The number of rotatable bonds is 7. The van der Waals surface area contributed by atoms with Gasteiger partial charge in [0.25, 0.3) is 0 Å². The van der Waals surface area contributed by atoms with Crippen LogP contribution in [0.2, 0.25) is 0 Å². The third kappa shape index (κ3) is 6.11. The van der Waals surface area contributed by atoms with Gasteiger partial charge in [-0.3, -0.25) is 0 Å². The Bertz CT molecular complexity index is 304. The number of hydrogen-bond donors (Lipinski definition) is 1. The van der Waals surface area contributed by atoms with Crippen LogP contribution in [0.5, 0.6) is 0 Å². The summed E-state index contributed by atoms with van der Waals surface area (Å²) in [6.45, 7) is 1.03. The van der Waals surface area contributed by atoms with Crippen LogP contribution in [-0.4, -0.2) is 44.5 Å². The monoisotopic (exact) mass is 279 g/mol. The molecule has 3 nitrogen and oxygen atoms in total. The van der Waals surface area contributed by atoms with Gasteiger partial charge in [0.05, 0.1) is 5.25 Å². The van der Waals surface area contributed by atoms with Crippen LogP contribution in [0.1, 0.15) is 38.5 Å². The Kier molecular flexibility index (Phi) is 6.89. The first-order chi connectivity index (χ1) is 8.04. The predicted octanol–water partition coefficient (Wildman–Crippen LogP) is 2.07. The van der Waals surface area contributed by atoms with Crippen molar-refractivity contribution in [2.24, 2.45) is 0 Å². The van der Waals surface area contributed by atoms with Gasteiger partial charge in [-0.1, -0.05) is 6.42 Å². The quantitative estimate of drug-likeness (QED) is 0.725. The summed E-state index contributed by atoms with van der Waals surface area (Å²) >= 11 is 1.88. The molecular weight excluding hydrogens is 254 g/mol. The Morgan fingerprint density at radius 2 is 2.06 bits per heavy atom. The summed E-state index contributed by atoms with van der Waals surface area (Å²) in [5.74, 6) is 1.22. The van der Waals surface area contributed by atoms with Gasteiger partial charge in [0.15, 0.2) is 0 Å². The highest BCUT2D eigenvalue weighted by atomic mass is 32.2. The second-order valence-electron chi connectivity index (χ2n) is 4.97. The van der Waals surface area contributed by atoms with Gasteiger partial charge < -0.3 is 5.32 Å². The van der Waals surface area contributed by atoms with E-state index in [0.717, 1.165) is 32.2 Å². The third-order valence-electron chi connectivity index (χ3n) is 3.44. The SMILES string of the molecule is CSCCCCNC1CCCC(S(C)(=O)=O)C1. The van der Waals surface area contributed by atoms with E-state index in [2.05, 4.69) is 11.6 Å². The fraction of sp³-hybridized carbons (Fsp3) is 1.00. The molecule has 0 aromatic heterocycles. The van der Waals surface area contributed by atoms with Crippen molar-refractivity contribution < 1.29 is 8.42 Å². The second-order valence-corrected chi connectivity index (χ2v) is 8.28. The summed E-state index contributed by atoms with van der Waals surface area (Å²) in [7, 11) is -2.84. The molecule has 1 fully saturated rings. The van der Waals surface area contributed by atoms with Crippen LogP contribution < -0.4 is 5.32 Å². The molecule has 2 unspecified atom stereocenters. The van der Waals surface area contributed by atoms with Gasteiger partial charge in [-0.25, -0.2) is 8.42 Å². The summed E-state index contributed by atoms with van der Waals surface area (Å²) in [4.78, 5) is 0.